The Labute approximate surface area is 98.1 Å². The number of phenolic OH excluding ortho intramolecular Hbond substituents is 1. The molecule has 0 heterocycles. The van der Waals surface area contributed by atoms with E-state index in [2.05, 4.69) is 0 Å². The van der Waals surface area contributed by atoms with Crippen LogP contribution in [0.15, 0.2) is 42.5 Å². The summed E-state index contributed by atoms with van der Waals surface area (Å²) in [5, 5.41) is 9.93. The lowest BCUT2D eigenvalue weighted by Gasteiger charge is -2.05. The van der Waals surface area contributed by atoms with E-state index in [1.165, 1.54) is 6.07 Å². The van der Waals surface area contributed by atoms with Crippen molar-refractivity contribution in [2.45, 2.75) is 0 Å². The summed E-state index contributed by atoms with van der Waals surface area (Å²) in [7, 11) is 0. The third kappa shape index (κ3) is 2.07. The van der Waals surface area contributed by atoms with Crippen molar-refractivity contribution in [3.63, 3.8) is 0 Å². The molecule has 0 saturated carbocycles. The van der Waals surface area contributed by atoms with Crippen molar-refractivity contribution in [1.29, 1.82) is 0 Å². The van der Waals surface area contributed by atoms with Gasteiger partial charge in [0.05, 0.1) is 0 Å². The number of carbonyl (C=O) groups is 1. The lowest BCUT2D eigenvalue weighted by atomic mass is 10.0. The summed E-state index contributed by atoms with van der Waals surface area (Å²) in [4.78, 5) is 10.9. The Hall–Kier alpha value is -1.80. The van der Waals surface area contributed by atoms with E-state index in [0.29, 0.717) is 10.6 Å². The van der Waals surface area contributed by atoms with Gasteiger partial charge in [-0.05, 0) is 41.5 Å². The molecule has 0 aromatic heterocycles. The smallest absolute Gasteiger partial charge is 0.150 e. The molecule has 0 amide bonds. The van der Waals surface area contributed by atoms with Gasteiger partial charge in [-0.2, -0.15) is 0 Å². The summed E-state index contributed by atoms with van der Waals surface area (Å²) in [5.74, 6) is 0.0832. The number of rotatable bonds is 2. The van der Waals surface area contributed by atoms with Crippen LogP contribution in [0.25, 0.3) is 11.1 Å². The number of aromatic hydroxyl groups is 1. The number of hydrogen-bond acceptors (Lipinski definition) is 2. The largest absolute Gasteiger partial charge is 0.508 e. The first-order valence-electron chi connectivity index (χ1n) is 4.75. The van der Waals surface area contributed by atoms with Crippen LogP contribution in [-0.2, 0) is 0 Å². The molecule has 0 spiro atoms. The van der Waals surface area contributed by atoms with Crippen LogP contribution in [0.3, 0.4) is 0 Å². The quantitative estimate of drug-likeness (QED) is 0.805. The molecule has 1 N–H and O–H groups in total. The molecule has 0 bridgehead atoms. The second kappa shape index (κ2) is 4.37. The predicted octanol–water partition coefficient (Wildman–Crippen LogP) is 3.53. The van der Waals surface area contributed by atoms with Crippen molar-refractivity contribution in [1.82, 2.24) is 0 Å². The first-order valence-corrected chi connectivity index (χ1v) is 5.12. The summed E-state index contributed by atoms with van der Waals surface area (Å²) in [6.45, 7) is 0. The molecule has 0 aliphatic carbocycles. The van der Waals surface area contributed by atoms with Gasteiger partial charge in [0.2, 0.25) is 0 Å². The van der Waals surface area contributed by atoms with Gasteiger partial charge in [0.1, 0.15) is 5.75 Å². The van der Waals surface area contributed by atoms with Crippen LogP contribution >= 0.6 is 11.6 Å². The fraction of sp³-hybridized carbons (Fsp3) is 0. The summed E-state index contributed by atoms with van der Waals surface area (Å²) in [6.07, 6.45) is 0.726. The molecule has 0 saturated heterocycles. The maximum absolute atomic E-state index is 10.9. The molecule has 2 nitrogen and oxygen atoms in total. The Balaban J connectivity index is 2.55. The van der Waals surface area contributed by atoms with Gasteiger partial charge in [0.15, 0.2) is 6.29 Å². The number of benzene rings is 2. The highest BCUT2D eigenvalue weighted by atomic mass is 35.5. The second-order valence-corrected chi connectivity index (χ2v) is 3.83. The average Bonchev–Trinajstić information content (AvgIpc) is 2.30. The number of carbonyl (C=O) groups excluding carboxylic acids is 1. The molecule has 0 unspecified atom stereocenters. The highest BCUT2D eigenvalue weighted by Crippen LogP contribution is 2.26. The minimum atomic E-state index is 0.0832. The van der Waals surface area contributed by atoms with Crippen molar-refractivity contribution in [2.75, 3.05) is 0 Å². The van der Waals surface area contributed by atoms with Crippen LogP contribution in [0, 0.1) is 0 Å². The van der Waals surface area contributed by atoms with Gasteiger partial charge < -0.3 is 5.11 Å². The lowest BCUT2D eigenvalue weighted by molar-refractivity contribution is 0.112. The van der Waals surface area contributed by atoms with E-state index in [-0.39, 0.29) is 5.75 Å². The SMILES string of the molecule is O=Cc1cc(O)ccc1-c1ccc(Cl)cc1. The number of aldehydes is 1. The molecule has 3 heteroatoms. The molecule has 0 radical (unpaired) electrons. The lowest BCUT2D eigenvalue weighted by Crippen LogP contribution is -1.86. The topological polar surface area (TPSA) is 37.3 Å². The monoisotopic (exact) mass is 232 g/mol. The van der Waals surface area contributed by atoms with E-state index in [9.17, 15) is 9.90 Å². The van der Waals surface area contributed by atoms with Gasteiger partial charge in [-0.1, -0.05) is 23.7 Å². The van der Waals surface area contributed by atoms with Gasteiger partial charge in [-0.3, -0.25) is 4.79 Å². The molecule has 2 aromatic rings. The Morgan fingerprint density at radius 3 is 2.38 bits per heavy atom. The van der Waals surface area contributed by atoms with Crippen molar-refractivity contribution < 1.29 is 9.90 Å². The minimum Gasteiger partial charge on any atom is -0.508 e. The Bertz CT molecular complexity index is 518. The van der Waals surface area contributed by atoms with Crippen molar-refractivity contribution in [2.24, 2.45) is 0 Å². The van der Waals surface area contributed by atoms with E-state index in [4.69, 9.17) is 11.6 Å². The van der Waals surface area contributed by atoms with Gasteiger partial charge in [0, 0.05) is 10.6 Å². The van der Waals surface area contributed by atoms with Crippen molar-refractivity contribution in [3.8, 4) is 16.9 Å². The zero-order valence-electron chi connectivity index (χ0n) is 8.35. The molecule has 0 aliphatic heterocycles. The van der Waals surface area contributed by atoms with E-state index in [1.54, 1.807) is 24.3 Å². The van der Waals surface area contributed by atoms with E-state index >= 15 is 0 Å². The van der Waals surface area contributed by atoms with Crippen LogP contribution in [0.4, 0.5) is 0 Å². The van der Waals surface area contributed by atoms with Gasteiger partial charge >= 0.3 is 0 Å². The summed E-state index contributed by atoms with van der Waals surface area (Å²) >= 11 is 5.79. The average molecular weight is 233 g/mol. The Kier molecular flexibility index (Phi) is 2.93. The molecule has 80 valence electrons. The van der Waals surface area contributed by atoms with Gasteiger partial charge in [0.25, 0.3) is 0 Å². The van der Waals surface area contributed by atoms with Crippen molar-refractivity contribution >= 4 is 17.9 Å². The summed E-state index contributed by atoms with van der Waals surface area (Å²) in [6, 6.07) is 11.9. The Morgan fingerprint density at radius 1 is 1.06 bits per heavy atom. The molecular formula is C13H9ClO2. The zero-order valence-corrected chi connectivity index (χ0v) is 9.11. The molecule has 2 rings (SSSR count). The molecule has 0 atom stereocenters. The van der Waals surface area contributed by atoms with Crippen LogP contribution in [0.1, 0.15) is 10.4 Å². The standard InChI is InChI=1S/C13H9ClO2/c14-11-3-1-9(2-4-11)13-6-5-12(16)7-10(13)8-15/h1-8,16H. The number of halogens is 1. The normalized spacial score (nSPS) is 10.1. The van der Waals surface area contributed by atoms with E-state index < -0.39 is 0 Å². The van der Waals surface area contributed by atoms with E-state index in [1.807, 2.05) is 12.1 Å². The second-order valence-electron chi connectivity index (χ2n) is 3.40. The fourth-order valence-electron chi connectivity index (χ4n) is 1.54. The third-order valence-corrected chi connectivity index (χ3v) is 2.57. The maximum Gasteiger partial charge on any atom is 0.150 e. The van der Waals surface area contributed by atoms with Crippen LogP contribution in [0.2, 0.25) is 5.02 Å². The molecular weight excluding hydrogens is 224 g/mol. The number of hydrogen-bond donors (Lipinski definition) is 1. The molecule has 0 aliphatic rings. The molecule has 16 heavy (non-hydrogen) atoms. The molecule has 2 aromatic carbocycles. The van der Waals surface area contributed by atoms with Gasteiger partial charge in [-0.15, -0.1) is 0 Å². The number of phenols is 1. The van der Waals surface area contributed by atoms with E-state index in [0.717, 1.165) is 17.4 Å². The third-order valence-electron chi connectivity index (χ3n) is 2.32. The van der Waals surface area contributed by atoms with Gasteiger partial charge in [-0.25, -0.2) is 0 Å². The van der Waals surface area contributed by atoms with Crippen LogP contribution in [-0.4, -0.2) is 11.4 Å². The van der Waals surface area contributed by atoms with Crippen molar-refractivity contribution in [3.05, 3.63) is 53.1 Å². The minimum absolute atomic E-state index is 0.0832. The highest BCUT2D eigenvalue weighted by Gasteiger charge is 2.05. The Morgan fingerprint density at radius 2 is 1.75 bits per heavy atom. The highest BCUT2D eigenvalue weighted by molar-refractivity contribution is 6.30. The zero-order chi connectivity index (χ0) is 11.5. The van der Waals surface area contributed by atoms with Crippen LogP contribution < -0.4 is 0 Å². The maximum atomic E-state index is 10.9. The first kappa shape index (κ1) is 10.7. The fourth-order valence-corrected chi connectivity index (χ4v) is 1.67. The first-order chi connectivity index (χ1) is 7.70. The summed E-state index contributed by atoms with van der Waals surface area (Å²) < 4.78 is 0. The molecule has 0 fully saturated rings. The van der Waals surface area contributed by atoms with Crippen LogP contribution in [0.5, 0.6) is 5.75 Å². The summed E-state index contributed by atoms with van der Waals surface area (Å²) in [5.41, 5.74) is 2.14. The predicted molar refractivity (Wildman–Crippen MR) is 63.9 cm³/mol.